The lowest BCUT2D eigenvalue weighted by Gasteiger charge is -2.12. The van der Waals surface area contributed by atoms with E-state index in [1.807, 2.05) is 36.6 Å². The zero-order chi connectivity index (χ0) is 16.2. The maximum Gasteiger partial charge on any atom is 0.233 e. The smallest absolute Gasteiger partial charge is 0.233 e. The number of benzene rings is 1. The van der Waals surface area contributed by atoms with Crippen LogP contribution in [0.2, 0.25) is 0 Å². The molecular formula is C15H18N4O3S. The van der Waals surface area contributed by atoms with Crippen LogP contribution in [0.15, 0.2) is 29.7 Å². The standard InChI is InChI=1S/C15H18N4O3S/c1-3-19-8-17-18-15(19)23-10(2)14(20)16-7-11-4-5-12-13(6-11)22-9-21-12/h4-6,8,10H,3,7,9H2,1-2H3,(H,16,20)/t10-/m1/s1. The molecule has 1 atom stereocenters. The third-order valence-electron chi connectivity index (χ3n) is 3.48. The molecule has 2 heterocycles. The van der Waals surface area contributed by atoms with Gasteiger partial charge in [-0.25, -0.2) is 0 Å². The van der Waals surface area contributed by atoms with E-state index in [0.717, 1.165) is 28.8 Å². The summed E-state index contributed by atoms with van der Waals surface area (Å²) in [4.78, 5) is 12.2. The molecule has 0 fully saturated rings. The van der Waals surface area contributed by atoms with E-state index < -0.39 is 0 Å². The molecule has 3 rings (SSSR count). The van der Waals surface area contributed by atoms with Gasteiger partial charge < -0.3 is 19.4 Å². The van der Waals surface area contributed by atoms with Crippen molar-refractivity contribution in [2.24, 2.45) is 0 Å². The molecule has 0 aliphatic carbocycles. The van der Waals surface area contributed by atoms with E-state index >= 15 is 0 Å². The second-order valence-electron chi connectivity index (χ2n) is 5.07. The molecule has 1 aromatic carbocycles. The van der Waals surface area contributed by atoms with E-state index in [-0.39, 0.29) is 18.0 Å². The van der Waals surface area contributed by atoms with Gasteiger partial charge in [0.2, 0.25) is 12.7 Å². The number of aromatic nitrogens is 3. The van der Waals surface area contributed by atoms with Crippen molar-refractivity contribution in [1.82, 2.24) is 20.1 Å². The number of carbonyl (C=O) groups excluding carboxylic acids is 1. The highest BCUT2D eigenvalue weighted by Crippen LogP contribution is 2.32. The minimum Gasteiger partial charge on any atom is -0.454 e. The first kappa shape index (κ1) is 15.7. The fourth-order valence-corrected chi connectivity index (χ4v) is 3.06. The molecule has 1 N–H and O–H groups in total. The van der Waals surface area contributed by atoms with E-state index in [1.165, 1.54) is 11.8 Å². The zero-order valence-corrected chi connectivity index (χ0v) is 13.8. The monoisotopic (exact) mass is 334 g/mol. The van der Waals surface area contributed by atoms with Crippen LogP contribution in [0.5, 0.6) is 11.5 Å². The highest BCUT2D eigenvalue weighted by Gasteiger charge is 2.18. The number of rotatable bonds is 6. The van der Waals surface area contributed by atoms with Crippen molar-refractivity contribution >= 4 is 17.7 Å². The molecule has 0 spiro atoms. The normalized spacial score (nSPS) is 13.8. The Balaban J connectivity index is 1.54. The minimum absolute atomic E-state index is 0.0432. The quantitative estimate of drug-likeness (QED) is 0.812. The van der Waals surface area contributed by atoms with Gasteiger partial charge in [0.05, 0.1) is 5.25 Å². The number of hydrogen-bond acceptors (Lipinski definition) is 6. The minimum atomic E-state index is -0.251. The summed E-state index contributed by atoms with van der Waals surface area (Å²) in [6.45, 7) is 5.34. The molecule has 1 aliphatic rings. The Labute approximate surface area is 138 Å². The summed E-state index contributed by atoms with van der Waals surface area (Å²) in [6.07, 6.45) is 1.67. The predicted octanol–water partition coefficient (Wildman–Crippen LogP) is 1.82. The van der Waals surface area contributed by atoms with Crippen LogP contribution in [0.25, 0.3) is 0 Å². The summed E-state index contributed by atoms with van der Waals surface area (Å²) in [6, 6.07) is 5.65. The molecule has 2 aromatic rings. The van der Waals surface area contributed by atoms with Crippen molar-refractivity contribution in [2.45, 2.75) is 37.3 Å². The van der Waals surface area contributed by atoms with Gasteiger partial charge in [0.15, 0.2) is 16.7 Å². The Morgan fingerprint density at radius 1 is 1.43 bits per heavy atom. The summed E-state index contributed by atoms with van der Waals surface area (Å²) >= 11 is 1.40. The zero-order valence-electron chi connectivity index (χ0n) is 13.0. The molecule has 0 saturated carbocycles. The molecule has 0 bridgehead atoms. The second kappa shape index (κ2) is 6.91. The van der Waals surface area contributed by atoms with Crippen LogP contribution in [0.1, 0.15) is 19.4 Å². The molecule has 0 saturated heterocycles. The summed E-state index contributed by atoms with van der Waals surface area (Å²) in [7, 11) is 0. The first-order valence-corrected chi connectivity index (χ1v) is 8.26. The van der Waals surface area contributed by atoms with Gasteiger partial charge in [0.25, 0.3) is 0 Å². The second-order valence-corrected chi connectivity index (χ2v) is 6.37. The number of ether oxygens (including phenoxy) is 2. The van der Waals surface area contributed by atoms with Gasteiger partial charge in [-0.2, -0.15) is 0 Å². The van der Waals surface area contributed by atoms with Crippen molar-refractivity contribution in [3.8, 4) is 11.5 Å². The Kier molecular flexibility index (Phi) is 4.71. The van der Waals surface area contributed by atoms with Crippen molar-refractivity contribution in [2.75, 3.05) is 6.79 Å². The third-order valence-corrected chi connectivity index (χ3v) is 4.57. The molecule has 0 unspecified atom stereocenters. The summed E-state index contributed by atoms with van der Waals surface area (Å²) in [5.74, 6) is 1.41. The lowest BCUT2D eigenvalue weighted by atomic mass is 10.2. The Morgan fingerprint density at radius 3 is 3.09 bits per heavy atom. The molecule has 23 heavy (non-hydrogen) atoms. The molecule has 1 amide bonds. The lowest BCUT2D eigenvalue weighted by Crippen LogP contribution is -2.30. The number of amides is 1. The Hall–Kier alpha value is -2.22. The summed E-state index contributed by atoms with van der Waals surface area (Å²) < 4.78 is 12.5. The van der Waals surface area contributed by atoms with E-state index in [2.05, 4.69) is 15.5 Å². The first-order valence-electron chi connectivity index (χ1n) is 7.38. The van der Waals surface area contributed by atoms with Gasteiger partial charge in [-0.15, -0.1) is 10.2 Å². The number of nitrogens with zero attached hydrogens (tertiary/aromatic N) is 3. The molecule has 8 heteroatoms. The van der Waals surface area contributed by atoms with Crippen LogP contribution in [-0.4, -0.2) is 32.7 Å². The first-order chi connectivity index (χ1) is 11.2. The van der Waals surface area contributed by atoms with Crippen molar-refractivity contribution in [3.63, 3.8) is 0 Å². The molecule has 122 valence electrons. The van der Waals surface area contributed by atoms with E-state index in [0.29, 0.717) is 6.54 Å². The average Bonchev–Trinajstić information content (AvgIpc) is 3.20. The number of nitrogens with one attached hydrogen (secondary N) is 1. The Bertz CT molecular complexity index is 704. The average molecular weight is 334 g/mol. The van der Waals surface area contributed by atoms with E-state index in [4.69, 9.17) is 9.47 Å². The lowest BCUT2D eigenvalue weighted by molar-refractivity contribution is -0.120. The number of hydrogen-bond donors (Lipinski definition) is 1. The van der Waals surface area contributed by atoms with E-state index in [1.54, 1.807) is 6.33 Å². The predicted molar refractivity (Wildman–Crippen MR) is 85.4 cm³/mol. The van der Waals surface area contributed by atoms with Crippen LogP contribution in [-0.2, 0) is 17.9 Å². The molecule has 0 radical (unpaired) electrons. The van der Waals surface area contributed by atoms with Gasteiger partial charge in [-0.3, -0.25) is 4.79 Å². The molecule has 1 aromatic heterocycles. The number of carbonyl (C=O) groups is 1. The number of fused-ring (bicyclic) bond motifs is 1. The maximum absolute atomic E-state index is 12.2. The van der Waals surface area contributed by atoms with Crippen LogP contribution in [0, 0.1) is 0 Å². The van der Waals surface area contributed by atoms with Crippen molar-refractivity contribution in [1.29, 1.82) is 0 Å². The molecule has 7 nitrogen and oxygen atoms in total. The highest BCUT2D eigenvalue weighted by atomic mass is 32.2. The maximum atomic E-state index is 12.2. The Morgan fingerprint density at radius 2 is 2.26 bits per heavy atom. The SMILES string of the molecule is CCn1cnnc1S[C@H](C)C(=O)NCc1ccc2c(c1)OCO2. The topological polar surface area (TPSA) is 78.3 Å². The molecule has 1 aliphatic heterocycles. The van der Waals surface area contributed by atoms with Crippen LogP contribution in [0.4, 0.5) is 0 Å². The molecular weight excluding hydrogens is 316 g/mol. The van der Waals surface area contributed by atoms with Gasteiger partial charge in [-0.1, -0.05) is 17.8 Å². The van der Waals surface area contributed by atoms with Gasteiger partial charge >= 0.3 is 0 Å². The largest absolute Gasteiger partial charge is 0.454 e. The number of aryl methyl sites for hydroxylation is 1. The number of thioether (sulfide) groups is 1. The van der Waals surface area contributed by atoms with Gasteiger partial charge in [0.1, 0.15) is 6.33 Å². The van der Waals surface area contributed by atoms with E-state index in [9.17, 15) is 4.79 Å². The fourth-order valence-electron chi connectivity index (χ4n) is 2.15. The third kappa shape index (κ3) is 3.58. The van der Waals surface area contributed by atoms with Crippen LogP contribution in [0.3, 0.4) is 0 Å². The van der Waals surface area contributed by atoms with Crippen molar-refractivity contribution < 1.29 is 14.3 Å². The van der Waals surface area contributed by atoms with Gasteiger partial charge in [-0.05, 0) is 31.5 Å². The fraction of sp³-hybridized carbons (Fsp3) is 0.400. The van der Waals surface area contributed by atoms with Crippen LogP contribution >= 0.6 is 11.8 Å². The summed E-state index contributed by atoms with van der Waals surface area (Å²) in [5.41, 5.74) is 0.969. The van der Waals surface area contributed by atoms with Crippen molar-refractivity contribution in [3.05, 3.63) is 30.1 Å². The van der Waals surface area contributed by atoms with Crippen LogP contribution < -0.4 is 14.8 Å². The van der Waals surface area contributed by atoms with Gasteiger partial charge in [0, 0.05) is 13.1 Å². The summed E-state index contributed by atoms with van der Waals surface area (Å²) in [5, 5.41) is 11.3. The highest BCUT2D eigenvalue weighted by molar-refractivity contribution is 8.00.